The van der Waals surface area contributed by atoms with Gasteiger partial charge in [0.05, 0.1) is 6.54 Å². The van der Waals surface area contributed by atoms with Crippen molar-refractivity contribution in [1.29, 1.82) is 0 Å². The highest BCUT2D eigenvalue weighted by Gasteiger charge is 2.28. The third kappa shape index (κ3) is 3.97. The average Bonchev–Trinajstić information content (AvgIpc) is 2.45. The molecule has 0 spiro atoms. The van der Waals surface area contributed by atoms with Crippen LogP contribution in [0, 0.1) is 5.92 Å². The highest BCUT2D eigenvalue weighted by atomic mass is 16.2. The molecule has 2 aliphatic rings. The maximum Gasteiger partial charge on any atom is 0.242 e. The van der Waals surface area contributed by atoms with E-state index in [1.54, 1.807) is 6.92 Å². The van der Waals surface area contributed by atoms with Crippen LogP contribution in [0.25, 0.3) is 0 Å². The van der Waals surface area contributed by atoms with E-state index in [9.17, 15) is 9.59 Å². The minimum absolute atomic E-state index is 0.0512. The van der Waals surface area contributed by atoms with E-state index in [1.165, 1.54) is 25.7 Å². The van der Waals surface area contributed by atoms with E-state index >= 15 is 0 Å². The first kappa shape index (κ1) is 15.3. The summed E-state index contributed by atoms with van der Waals surface area (Å²) in [6.45, 7) is 5.80. The molecule has 4 heteroatoms. The standard InChI is InChI=1S/C16H28N2O2/c1-13-7-6-10-17(11-13)16(20)12-18(14(2)19)15-8-4-3-5-9-15/h13,15H,3-12H2,1-2H3. The third-order valence-electron chi connectivity index (χ3n) is 4.74. The van der Waals surface area contributed by atoms with Crippen molar-refractivity contribution in [1.82, 2.24) is 9.80 Å². The first-order valence-electron chi connectivity index (χ1n) is 8.13. The minimum atomic E-state index is 0.0512. The molecule has 0 aromatic rings. The molecular weight excluding hydrogens is 252 g/mol. The summed E-state index contributed by atoms with van der Waals surface area (Å²) in [5, 5.41) is 0. The fourth-order valence-electron chi connectivity index (χ4n) is 3.55. The van der Waals surface area contributed by atoms with Crippen LogP contribution in [0.15, 0.2) is 0 Å². The second kappa shape index (κ2) is 7.09. The zero-order chi connectivity index (χ0) is 14.5. The SMILES string of the molecule is CC(=O)N(CC(=O)N1CCCC(C)C1)C1CCCCC1. The van der Waals surface area contributed by atoms with Crippen LogP contribution in [0.5, 0.6) is 0 Å². The van der Waals surface area contributed by atoms with Crippen LogP contribution >= 0.6 is 0 Å². The Morgan fingerprint density at radius 3 is 2.40 bits per heavy atom. The van der Waals surface area contributed by atoms with Crippen molar-refractivity contribution in [2.75, 3.05) is 19.6 Å². The molecule has 2 amide bonds. The molecule has 1 heterocycles. The van der Waals surface area contributed by atoms with Crippen LogP contribution in [-0.4, -0.2) is 47.3 Å². The molecule has 1 saturated carbocycles. The number of carbonyl (C=O) groups excluding carboxylic acids is 2. The molecule has 2 rings (SSSR count). The van der Waals surface area contributed by atoms with Crippen molar-refractivity contribution in [2.24, 2.45) is 5.92 Å². The molecule has 1 aliphatic carbocycles. The van der Waals surface area contributed by atoms with Gasteiger partial charge >= 0.3 is 0 Å². The van der Waals surface area contributed by atoms with E-state index in [4.69, 9.17) is 0 Å². The number of hydrogen-bond donors (Lipinski definition) is 0. The van der Waals surface area contributed by atoms with Gasteiger partial charge in [-0.2, -0.15) is 0 Å². The van der Waals surface area contributed by atoms with Gasteiger partial charge in [0.25, 0.3) is 0 Å². The van der Waals surface area contributed by atoms with Gasteiger partial charge in [-0.05, 0) is 31.6 Å². The highest BCUT2D eigenvalue weighted by Crippen LogP contribution is 2.23. The highest BCUT2D eigenvalue weighted by molar-refractivity contribution is 5.84. The Kier molecular flexibility index (Phi) is 5.44. The molecule has 0 bridgehead atoms. The first-order chi connectivity index (χ1) is 9.58. The molecule has 1 atom stereocenters. The van der Waals surface area contributed by atoms with E-state index < -0.39 is 0 Å². The second-order valence-electron chi connectivity index (χ2n) is 6.53. The predicted molar refractivity (Wildman–Crippen MR) is 79.2 cm³/mol. The lowest BCUT2D eigenvalue weighted by Gasteiger charge is -2.36. The number of carbonyl (C=O) groups is 2. The van der Waals surface area contributed by atoms with Crippen molar-refractivity contribution in [3.63, 3.8) is 0 Å². The Morgan fingerprint density at radius 2 is 1.80 bits per heavy atom. The fourth-order valence-corrected chi connectivity index (χ4v) is 3.55. The molecule has 4 nitrogen and oxygen atoms in total. The smallest absolute Gasteiger partial charge is 0.242 e. The Labute approximate surface area is 122 Å². The summed E-state index contributed by atoms with van der Waals surface area (Å²) in [7, 11) is 0. The first-order valence-corrected chi connectivity index (χ1v) is 8.13. The molecule has 1 saturated heterocycles. The second-order valence-corrected chi connectivity index (χ2v) is 6.53. The van der Waals surface area contributed by atoms with E-state index in [2.05, 4.69) is 6.92 Å². The van der Waals surface area contributed by atoms with Gasteiger partial charge in [-0.25, -0.2) is 0 Å². The zero-order valence-corrected chi connectivity index (χ0v) is 12.9. The number of hydrogen-bond acceptors (Lipinski definition) is 2. The Bertz CT molecular complexity index is 350. The van der Waals surface area contributed by atoms with Crippen LogP contribution in [0.1, 0.15) is 58.8 Å². The number of rotatable bonds is 3. The lowest BCUT2D eigenvalue weighted by Crippen LogP contribution is -2.49. The summed E-state index contributed by atoms with van der Waals surface area (Å²) in [5.41, 5.74) is 0. The Balaban J connectivity index is 1.93. The molecule has 0 aromatic carbocycles. The van der Waals surface area contributed by atoms with E-state index in [1.807, 2.05) is 9.80 Å². The molecule has 0 N–H and O–H groups in total. The molecule has 20 heavy (non-hydrogen) atoms. The van der Waals surface area contributed by atoms with Gasteiger partial charge in [0.1, 0.15) is 0 Å². The summed E-state index contributed by atoms with van der Waals surface area (Å²) in [5.74, 6) is 0.779. The van der Waals surface area contributed by atoms with Gasteiger partial charge in [-0.1, -0.05) is 26.2 Å². The Morgan fingerprint density at radius 1 is 1.10 bits per heavy atom. The lowest BCUT2D eigenvalue weighted by molar-refractivity contribution is -0.142. The van der Waals surface area contributed by atoms with Crippen molar-refractivity contribution in [2.45, 2.75) is 64.8 Å². The summed E-state index contributed by atoms with van der Waals surface area (Å²) in [4.78, 5) is 28.1. The number of likely N-dealkylation sites (tertiary alicyclic amines) is 1. The molecule has 0 aromatic heterocycles. The van der Waals surface area contributed by atoms with Crippen molar-refractivity contribution >= 4 is 11.8 Å². The van der Waals surface area contributed by atoms with Gasteiger partial charge in [0.2, 0.25) is 11.8 Å². The Hall–Kier alpha value is -1.06. The van der Waals surface area contributed by atoms with E-state index in [0.29, 0.717) is 5.92 Å². The third-order valence-corrected chi connectivity index (χ3v) is 4.74. The van der Waals surface area contributed by atoms with Crippen molar-refractivity contribution in [3.05, 3.63) is 0 Å². The molecule has 1 unspecified atom stereocenters. The lowest BCUT2D eigenvalue weighted by atomic mass is 9.94. The van der Waals surface area contributed by atoms with Gasteiger partial charge in [-0.3, -0.25) is 9.59 Å². The molecule has 1 aliphatic heterocycles. The predicted octanol–water partition coefficient (Wildman–Crippen LogP) is 2.43. The largest absolute Gasteiger partial charge is 0.341 e. The molecule has 114 valence electrons. The topological polar surface area (TPSA) is 40.6 Å². The number of amides is 2. The summed E-state index contributed by atoms with van der Waals surface area (Å²) in [6, 6.07) is 0.285. The van der Waals surface area contributed by atoms with Gasteiger partial charge in [0.15, 0.2) is 0 Å². The summed E-state index contributed by atoms with van der Waals surface area (Å²) in [6.07, 6.45) is 8.05. The van der Waals surface area contributed by atoms with Gasteiger partial charge in [0, 0.05) is 26.1 Å². The van der Waals surface area contributed by atoms with E-state index in [0.717, 1.165) is 32.4 Å². The van der Waals surface area contributed by atoms with Gasteiger partial charge < -0.3 is 9.80 Å². The molecule has 0 radical (unpaired) electrons. The monoisotopic (exact) mass is 280 g/mol. The maximum atomic E-state index is 12.4. The molecule has 2 fully saturated rings. The van der Waals surface area contributed by atoms with E-state index in [-0.39, 0.29) is 24.4 Å². The minimum Gasteiger partial charge on any atom is -0.341 e. The van der Waals surface area contributed by atoms with Crippen LogP contribution < -0.4 is 0 Å². The number of piperidine rings is 1. The van der Waals surface area contributed by atoms with Crippen molar-refractivity contribution in [3.8, 4) is 0 Å². The zero-order valence-electron chi connectivity index (χ0n) is 12.9. The summed E-state index contributed by atoms with van der Waals surface area (Å²) >= 11 is 0. The maximum absolute atomic E-state index is 12.4. The van der Waals surface area contributed by atoms with Crippen LogP contribution in [0.4, 0.5) is 0 Å². The molecular formula is C16H28N2O2. The number of nitrogens with zero attached hydrogens (tertiary/aromatic N) is 2. The van der Waals surface area contributed by atoms with Crippen LogP contribution in [-0.2, 0) is 9.59 Å². The van der Waals surface area contributed by atoms with Crippen LogP contribution in [0.2, 0.25) is 0 Å². The summed E-state index contributed by atoms with van der Waals surface area (Å²) < 4.78 is 0. The van der Waals surface area contributed by atoms with Gasteiger partial charge in [-0.15, -0.1) is 0 Å². The normalized spacial score (nSPS) is 24.5. The van der Waals surface area contributed by atoms with Crippen LogP contribution in [0.3, 0.4) is 0 Å². The van der Waals surface area contributed by atoms with Crippen molar-refractivity contribution < 1.29 is 9.59 Å². The quantitative estimate of drug-likeness (QED) is 0.796. The average molecular weight is 280 g/mol. The fraction of sp³-hybridized carbons (Fsp3) is 0.875.